The lowest BCUT2D eigenvalue weighted by molar-refractivity contribution is 0.351. The molecule has 0 heteroatoms. The molecule has 2 rings (SSSR count). The van der Waals surface area contributed by atoms with Crippen LogP contribution in [-0.2, 0) is 0 Å². The zero-order chi connectivity index (χ0) is 10.5. The Morgan fingerprint density at radius 3 is 2.87 bits per heavy atom. The molecule has 0 aromatic rings. The van der Waals surface area contributed by atoms with Crippen molar-refractivity contribution in [3.63, 3.8) is 0 Å². The molecule has 1 saturated carbocycles. The van der Waals surface area contributed by atoms with Crippen molar-refractivity contribution in [3.8, 4) is 0 Å². The smallest absolute Gasteiger partial charge is 0.0132 e. The van der Waals surface area contributed by atoms with E-state index in [0.717, 1.165) is 11.8 Å². The van der Waals surface area contributed by atoms with Crippen LogP contribution < -0.4 is 0 Å². The van der Waals surface area contributed by atoms with Crippen molar-refractivity contribution in [2.45, 2.75) is 58.3 Å². The van der Waals surface area contributed by atoms with Crippen molar-refractivity contribution >= 4 is 0 Å². The van der Waals surface area contributed by atoms with Gasteiger partial charge in [-0.2, -0.15) is 0 Å². The lowest BCUT2D eigenvalue weighted by Gasteiger charge is -2.19. The number of rotatable bonds is 5. The van der Waals surface area contributed by atoms with Crippen LogP contribution >= 0.6 is 0 Å². The summed E-state index contributed by atoms with van der Waals surface area (Å²) < 4.78 is 0. The number of hydrogen-bond acceptors (Lipinski definition) is 0. The van der Waals surface area contributed by atoms with Crippen molar-refractivity contribution < 1.29 is 0 Å². The molecular formula is C15H24. The van der Waals surface area contributed by atoms with Crippen LogP contribution in [-0.4, -0.2) is 0 Å². The fourth-order valence-corrected chi connectivity index (χ4v) is 3.21. The lowest BCUT2D eigenvalue weighted by Crippen LogP contribution is -2.08. The molecule has 0 radical (unpaired) electrons. The summed E-state index contributed by atoms with van der Waals surface area (Å²) >= 11 is 0. The molecular weight excluding hydrogens is 180 g/mol. The Morgan fingerprint density at radius 1 is 1.27 bits per heavy atom. The summed E-state index contributed by atoms with van der Waals surface area (Å²) in [4.78, 5) is 0. The molecule has 2 aliphatic carbocycles. The monoisotopic (exact) mass is 204 g/mol. The second-order valence-electron chi connectivity index (χ2n) is 5.25. The Bertz CT molecular complexity index is 247. The topological polar surface area (TPSA) is 0 Å². The Balaban J connectivity index is 1.79. The zero-order valence-corrected chi connectivity index (χ0v) is 10.0. The summed E-state index contributed by atoms with van der Waals surface area (Å²) in [5, 5.41) is 0. The minimum Gasteiger partial charge on any atom is -0.0805 e. The predicted molar refractivity (Wildman–Crippen MR) is 66.8 cm³/mol. The first-order valence-electron chi connectivity index (χ1n) is 6.74. The molecule has 84 valence electrons. The molecule has 2 atom stereocenters. The van der Waals surface area contributed by atoms with Gasteiger partial charge in [-0.15, -0.1) is 0 Å². The SMILES string of the molecule is CCCCC1CCCC1CC1=CC=CC1. The maximum atomic E-state index is 2.34. The van der Waals surface area contributed by atoms with Crippen LogP contribution in [0.5, 0.6) is 0 Å². The van der Waals surface area contributed by atoms with Crippen molar-refractivity contribution in [3.05, 3.63) is 23.8 Å². The van der Waals surface area contributed by atoms with Gasteiger partial charge in [0.2, 0.25) is 0 Å². The van der Waals surface area contributed by atoms with Crippen molar-refractivity contribution in [2.24, 2.45) is 11.8 Å². The fraction of sp³-hybridized carbons (Fsp3) is 0.733. The summed E-state index contributed by atoms with van der Waals surface area (Å²) in [7, 11) is 0. The van der Waals surface area contributed by atoms with Gasteiger partial charge in [0, 0.05) is 0 Å². The molecule has 0 aliphatic heterocycles. The van der Waals surface area contributed by atoms with Crippen LogP contribution in [0.25, 0.3) is 0 Å². The number of allylic oxidation sites excluding steroid dienone is 4. The van der Waals surface area contributed by atoms with Crippen molar-refractivity contribution in [1.29, 1.82) is 0 Å². The third kappa shape index (κ3) is 2.96. The summed E-state index contributed by atoms with van der Waals surface area (Å²) in [6.45, 7) is 2.31. The van der Waals surface area contributed by atoms with E-state index in [1.54, 1.807) is 5.57 Å². The lowest BCUT2D eigenvalue weighted by atomic mass is 9.86. The molecule has 1 fully saturated rings. The maximum absolute atomic E-state index is 2.34. The second kappa shape index (κ2) is 5.53. The van der Waals surface area contributed by atoms with Gasteiger partial charge in [0.05, 0.1) is 0 Å². The van der Waals surface area contributed by atoms with Gasteiger partial charge in [-0.3, -0.25) is 0 Å². The van der Waals surface area contributed by atoms with Crippen molar-refractivity contribution in [1.82, 2.24) is 0 Å². The first kappa shape index (κ1) is 11.0. The Hall–Kier alpha value is -0.520. The molecule has 2 aliphatic rings. The Morgan fingerprint density at radius 2 is 2.13 bits per heavy atom. The molecule has 0 aromatic carbocycles. The highest BCUT2D eigenvalue weighted by Gasteiger charge is 2.27. The fourth-order valence-electron chi connectivity index (χ4n) is 3.21. The van der Waals surface area contributed by atoms with Gasteiger partial charge >= 0.3 is 0 Å². The highest BCUT2D eigenvalue weighted by atomic mass is 14.3. The normalized spacial score (nSPS) is 29.8. The predicted octanol–water partition coefficient (Wildman–Crippen LogP) is 4.87. The Labute approximate surface area is 94.5 Å². The van der Waals surface area contributed by atoms with Crippen LogP contribution in [0.3, 0.4) is 0 Å². The molecule has 15 heavy (non-hydrogen) atoms. The second-order valence-corrected chi connectivity index (χ2v) is 5.25. The van der Waals surface area contributed by atoms with Gasteiger partial charge in [0.25, 0.3) is 0 Å². The summed E-state index contributed by atoms with van der Waals surface area (Å²) in [6, 6.07) is 0. The highest BCUT2D eigenvalue weighted by Crippen LogP contribution is 2.39. The molecule has 0 amide bonds. The van der Waals surface area contributed by atoms with E-state index in [-0.39, 0.29) is 0 Å². The third-order valence-corrected chi connectivity index (χ3v) is 4.12. The molecule has 0 spiro atoms. The van der Waals surface area contributed by atoms with Gasteiger partial charge < -0.3 is 0 Å². The van der Waals surface area contributed by atoms with Gasteiger partial charge in [-0.1, -0.05) is 62.8 Å². The Kier molecular flexibility index (Phi) is 4.05. The van der Waals surface area contributed by atoms with Crippen molar-refractivity contribution in [2.75, 3.05) is 0 Å². The minimum atomic E-state index is 1.02. The third-order valence-electron chi connectivity index (χ3n) is 4.12. The van der Waals surface area contributed by atoms with Crippen LogP contribution in [0.15, 0.2) is 23.8 Å². The molecule has 2 unspecified atom stereocenters. The number of unbranched alkanes of at least 4 members (excludes halogenated alkanes) is 1. The largest absolute Gasteiger partial charge is 0.0805 e. The zero-order valence-electron chi connectivity index (χ0n) is 10.0. The minimum absolute atomic E-state index is 1.02. The maximum Gasteiger partial charge on any atom is -0.0132 e. The summed E-state index contributed by atoms with van der Waals surface area (Å²) in [5.41, 5.74) is 1.68. The van der Waals surface area contributed by atoms with E-state index in [9.17, 15) is 0 Å². The van der Waals surface area contributed by atoms with E-state index < -0.39 is 0 Å². The summed E-state index contributed by atoms with van der Waals surface area (Å²) in [5.74, 6) is 2.06. The van der Waals surface area contributed by atoms with Crippen LogP contribution in [0.4, 0.5) is 0 Å². The van der Waals surface area contributed by atoms with Crippen LogP contribution in [0.2, 0.25) is 0 Å². The molecule has 0 bridgehead atoms. The highest BCUT2D eigenvalue weighted by molar-refractivity contribution is 5.23. The molecule has 0 N–H and O–H groups in total. The van der Waals surface area contributed by atoms with Gasteiger partial charge in [-0.25, -0.2) is 0 Å². The molecule has 0 saturated heterocycles. The van der Waals surface area contributed by atoms with E-state index in [0.29, 0.717) is 0 Å². The standard InChI is InChI=1S/C15H24/c1-2-3-9-14-10-6-11-15(14)12-13-7-4-5-8-13/h4-5,7,14-15H,2-3,6,8-12H2,1H3. The average Bonchev–Trinajstić information content (AvgIpc) is 2.87. The van der Waals surface area contributed by atoms with Gasteiger partial charge in [0.15, 0.2) is 0 Å². The molecule has 0 aromatic heterocycles. The van der Waals surface area contributed by atoms with Gasteiger partial charge in [-0.05, 0) is 31.1 Å². The molecule has 0 heterocycles. The van der Waals surface area contributed by atoms with E-state index in [4.69, 9.17) is 0 Å². The summed E-state index contributed by atoms with van der Waals surface area (Å²) in [6.07, 6.45) is 18.3. The number of hydrogen-bond donors (Lipinski definition) is 0. The van der Waals surface area contributed by atoms with E-state index >= 15 is 0 Å². The first-order valence-corrected chi connectivity index (χ1v) is 6.74. The van der Waals surface area contributed by atoms with Crippen LogP contribution in [0, 0.1) is 11.8 Å². The quantitative estimate of drug-likeness (QED) is 0.599. The average molecular weight is 204 g/mol. The first-order chi connectivity index (χ1) is 7.40. The van der Waals surface area contributed by atoms with E-state index in [1.807, 2.05) is 0 Å². The van der Waals surface area contributed by atoms with Crippen LogP contribution in [0.1, 0.15) is 58.3 Å². The van der Waals surface area contributed by atoms with E-state index in [1.165, 1.54) is 51.4 Å². The van der Waals surface area contributed by atoms with E-state index in [2.05, 4.69) is 25.2 Å². The van der Waals surface area contributed by atoms with Gasteiger partial charge in [0.1, 0.15) is 0 Å². The molecule has 0 nitrogen and oxygen atoms in total.